The molecule has 0 radical (unpaired) electrons. The van der Waals surface area contributed by atoms with Gasteiger partial charge in [-0.15, -0.1) is 0 Å². The van der Waals surface area contributed by atoms with Gasteiger partial charge >= 0.3 is 0 Å². The average molecular weight is 218 g/mol. The van der Waals surface area contributed by atoms with Crippen LogP contribution >= 0.6 is 0 Å². The molecule has 1 aliphatic rings. The van der Waals surface area contributed by atoms with Gasteiger partial charge in [0.1, 0.15) is 6.29 Å². The molecule has 1 aromatic rings. The minimum atomic E-state index is 0.517. The van der Waals surface area contributed by atoms with Crippen LogP contribution in [0.15, 0.2) is 24.3 Å². The highest BCUT2D eigenvalue weighted by Gasteiger charge is 2.13. The van der Waals surface area contributed by atoms with E-state index in [1.807, 2.05) is 12.1 Å². The number of aldehydes is 1. The Morgan fingerprint density at radius 2 is 1.75 bits per heavy atom. The first-order valence-corrected chi connectivity index (χ1v) is 5.75. The van der Waals surface area contributed by atoms with Crippen molar-refractivity contribution in [2.24, 2.45) is 0 Å². The van der Waals surface area contributed by atoms with Crippen LogP contribution in [0.4, 0.5) is 5.69 Å². The van der Waals surface area contributed by atoms with Crippen molar-refractivity contribution < 1.29 is 4.79 Å². The third-order valence-electron chi connectivity index (χ3n) is 3.12. The number of rotatable bonds is 3. The van der Waals surface area contributed by atoms with Gasteiger partial charge in [0.25, 0.3) is 0 Å². The summed E-state index contributed by atoms with van der Waals surface area (Å²) in [6.07, 6.45) is 1.47. The van der Waals surface area contributed by atoms with Gasteiger partial charge in [0.15, 0.2) is 0 Å². The van der Waals surface area contributed by atoms with Gasteiger partial charge in [-0.2, -0.15) is 0 Å². The van der Waals surface area contributed by atoms with Crippen molar-refractivity contribution in [3.05, 3.63) is 29.8 Å². The predicted molar refractivity (Wildman–Crippen MR) is 65.9 cm³/mol. The van der Waals surface area contributed by atoms with Crippen molar-refractivity contribution in [3.63, 3.8) is 0 Å². The molecule has 0 amide bonds. The SMILES string of the molecule is CN1CCN(c2ccc(CC=O)cc2)CC1. The van der Waals surface area contributed by atoms with E-state index < -0.39 is 0 Å². The quantitative estimate of drug-likeness (QED) is 0.712. The Hall–Kier alpha value is -1.35. The van der Waals surface area contributed by atoms with Crippen LogP contribution in [0.25, 0.3) is 0 Å². The lowest BCUT2D eigenvalue weighted by Crippen LogP contribution is -2.44. The molecule has 1 aliphatic heterocycles. The maximum Gasteiger partial charge on any atom is 0.124 e. The number of benzene rings is 1. The molecule has 0 spiro atoms. The molecule has 0 saturated carbocycles. The molecule has 0 atom stereocenters. The van der Waals surface area contributed by atoms with Gasteiger partial charge in [0.05, 0.1) is 0 Å². The highest BCUT2D eigenvalue weighted by atomic mass is 16.1. The van der Waals surface area contributed by atoms with E-state index in [9.17, 15) is 4.79 Å². The van der Waals surface area contributed by atoms with Crippen LogP contribution in [0, 0.1) is 0 Å². The van der Waals surface area contributed by atoms with Crippen LogP contribution in [-0.2, 0) is 11.2 Å². The number of carbonyl (C=O) groups is 1. The molecule has 1 heterocycles. The molecule has 1 aromatic carbocycles. The predicted octanol–water partition coefficient (Wildman–Crippen LogP) is 1.18. The zero-order valence-electron chi connectivity index (χ0n) is 9.72. The fraction of sp³-hybridized carbons (Fsp3) is 0.462. The summed E-state index contributed by atoms with van der Waals surface area (Å²) in [4.78, 5) is 15.1. The highest BCUT2D eigenvalue weighted by molar-refractivity contribution is 5.57. The molecule has 3 heteroatoms. The van der Waals surface area contributed by atoms with Gasteiger partial charge in [-0.05, 0) is 24.7 Å². The molecule has 0 aliphatic carbocycles. The minimum absolute atomic E-state index is 0.517. The summed E-state index contributed by atoms with van der Waals surface area (Å²) in [5, 5.41) is 0. The molecular formula is C13H18N2O. The fourth-order valence-corrected chi connectivity index (χ4v) is 2.00. The van der Waals surface area contributed by atoms with Crippen LogP contribution in [-0.4, -0.2) is 44.4 Å². The molecule has 0 N–H and O–H groups in total. The van der Waals surface area contributed by atoms with Gasteiger partial charge in [-0.3, -0.25) is 0 Å². The van der Waals surface area contributed by atoms with Gasteiger partial charge in [-0.1, -0.05) is 12.1 Å². The maximum atomic E-state index is 10.4. The molecule has 0 aromatic heterocycles. The van der Waals surface area contributed by atoms with Crippen LogP contribution < -0.4 is 4.90 Å². The molecule has 16 heavy (non-hydrogen) atoms. The van der Waals surface area contributed by atoms with Crippen LogP contribution in [0.5, 0.6) is 0 Å². The molecule has 0 bridgehead atoms. The monoisotopic (exact) mass is 218 g/mol. The first-order chi connectivity index (χ1) is 7.79. The zero-order chi connectivity index (χ0) is 11.4. The van der Waals surface area contributed by atoms with Gasteiger partial charge < -0.3 is 14.6 Å². The fourth-order valence-electron chi connectivity index (χ4n) is 2.00. The van der Waals surface area contributed by atoms with E-state index in [1.165, 1.54) is 5.69 Å². The maximum absolute atomic E-state index is 10.4. The molecule has 1 saturated heterocycles. The summed E-state index contributed by atoms with van der Waals surface area (Å²) in [5.74, 6) is 0. The number of anilines is 1. The Morgan fingerprint density at radius 3 is 2.31 bits per heavy atom. The first-order valence-electron chi connectivity index (χ1n) is 5.75. The second-order valence-corrected chi connectivity index (χ2v) is 4.33. The Labute approximate surface area is 96.7 Å². The van der Waals surface area contributed by atoms with Crippen LogP contribution in [0.2, 0.25) is 0 Å². The second-order valence-electron chi connectivity index (χ2n) is 4.33. The third-order valence-corrected chi connectivity index (χ3v) is 3.12. The van der Waals surface area contributed by atoms with Gasteiger partial charge in [-0.25, -0.2) is 0 Å². The summed E-state index contributed by atoms with van der Waals surface area (Å²) in [6, 6.07) is 8.32. The van der Waals surface area contributed by atoms with Crippen molar-refractivity contribution in [2.75, 3.05) is 38.1 Å². The van der Waals surface area contributed by atoms with Crippen molar-refractivity contribution in [2.45, 2.75) is 6.42 Å². The number of hydrogen-bond acceptors (Lipinski definition) is 3. The standard InChI is InChI=1S/C13H18N2O/c1-14-7-9-15(10-8-14)13-4-2-12(3-5-13)6-11-16/h2-5,11H,6-10H2,1H3. The van der Waals surface area contributed by atoms with E-state index >= 15 is 0 Å². The number of likely N-dealkylation sites (N-methyl/N-ethyl adjacent to an activating group) is 1. The van der Waals surface area contributed by atoms with Crippen LogP contribution in [0.3, 0.4) is 0 Å². The summed E-state index contributed by atoms with van der Waals surface area (Å²) < 4.78 is 0. The lowest BCUT2D eigenvalue weighted by molar-refractivity contribution is -0.107. The average Bonchev–Trinajstić information content (AvgIpc) is 2.32. The number of hydrogen-bond donors (Lipinski definition) is 0. The van der Waals surface area contributed by atoms with E-state index in [4.69, 9.17) is 0 Å². The lowest BCUT2D eigenvalue weighted by Gasteiger charge is -2.34. The molecule has 2 rings (SSSR count). The van der Waals surface area contributed by atoms with E-state index in [0.29, 0.717) is 6.42 Å². The smallest absolute Gasteiger partial charge is 0.124 e. The summed E-state index contributed by atoms with van der Waals surface area (Å²) in [6.45, 7) is 4.42. The summed E-state index contributed by atoms with van der Waals surface area (Å²) >= 11 is 0. The number of nitrogens with zero attached hydrogens (tertiary/aromatic N) is 2. The van der Waals surface area contributed by atoms with Gasteiger partial charge in [0.2, 0.25) is 0 Å². The third kappa shape index (κ3) is 2.61. The van der Waals surface area contributed by atoms with Crippen molar-refractivity contribution in [1.29, 1.82) is 0 Å². The Bertz CT molecular complexity index is 339. The summed E-state index contributed by atoms with van der Waals surface area (Å²) in [7, 11) is 2.16. The molecular weight excluding hydrogens is 200 g/mol. The highest BCUT2D eigenvalue weighted by Crippen LogP contribution is 2.16. The first kappa shape index (κ1) is 11.1. The van der Waals surface area contributed by atoms with E-state index in [-0.39, 0.29) is 0 Å². The van der Waals surface area contributed by atoms with E-state index in [2.05, 4.69) is 29.0 Å². The zero-order valence-corrected chi connectivity index (χ0v) is 9.72. The number of carbonyl (C=O) groups excluding carboxylic acids is 1. The minimum Gasteiger partial charge on any atom is -0.369 e. The Morgan fingerprint density at radius 1 is 1.12 bits per heavy atom. The molecule has 86 valence electrons. The second kappa shape index (κ2) is 5.12. The van der Waals surface area contributed by atoms with E-state index in [1.54, 1.807) is 0 Å². The number of piperazine rings is 1. The molecule has 1 fully saturated rings. The lowest BCUT2D eigenvalue weighted by atomic mass is 10.1. The van der Waals surface area contributed by atoms with Crippen molar-refractivity contribution in [3.8, 4) is 0 Å². The Kier molecular flexibility index (Phi) is 3.57. The summed E-state index contributed by atoms with van der Waals surface area (Å²) in [5.41, 5.74) is 2.36. The van der Waals surface area contributed by atoms with Crippen molar-refractivity contribution >= 4 is 12.0 Å². The van der Waals surface area contributed by atoms with Gasteiger partial charge in [0, 0.05) is 38.3 Å². The van der Waals surface area contributed by atoms with Crippen molar-refractivity contribution in [1.82, 2.24) is 4.90 Å². The molecule has 0 unspecified atom stereocenters. The largest absolute Gasteiger partial charge is 0.369 e. The molecule has 3 nitrogen and oxygen atoms in total. The Balaban J connectivity index is 2.01. The van der Waals surface area contributed by atoms with E-state index in [0.717, 1.165) is 38.0 Å². The normalized spacial score (nSPS) is 17.4. The topological polar surface area (TPSA) is 23.6 Å². The van der Waals surface area contributed by atoms with Crippen LogP contribution in [0.1, 0.15) is 5.56 Å².